The molecule has 2 aromatic rings. The van der Waals surface area contributed by atoms with Crippen molar-refractivity contribution in [3.05, 3.63) is 29.8 Å². The van der Waals surface area contributed by atoms with Crippen LogP contribution in [0.3, 0.4) is 0 Å². The Morgan fingerprint density at radius 1 is 1.45 bits per heavy atom. The Hall–Kier alpha value is -2.07. The molecule has 10 heteroatoms. The Morgan fingerprint density at radius 2 is 2.25 bits per heavy atom. The molecule has 1 amide bonds. The van der Waals surface area contributed by atoms with E-state index in [1.165, 1.54) is 12.3 Å². The van der Waals surface area contributed by atoms with E-state index in [0.717, 1.165) is 29.2 Å². The number of pyridine rings is 1. The maximum absolute atomic E-state index is 12.9. The summed E-state index contributed by atoms with van der Waals surface area (Å²) in [6.45, 7) is 0. The molecule has 2 aromatic heterocycles. The van der Waals surface area contributed by atoms with Crippen molar-refractivity contribution in [1.29, 1.82) is 0 Å². The van der Waals surface area contributed by atoms with Crippen LogP contribution in [0, 0.1) is 5.95 Å². The summed E-state index contributed by atoms with van der Waals surface area (Å²) in [7, 11) is 0. The van der Waals surface area contributed by atoms with Crippen molar-refractivity contribution >= 4 is 40.1 Å². The van der Waals surface area contributed by atoms with E-state index < -0.39 is 17.8 Å². The molecule has 0 radical (unpaired) electrons. The van der Waals surface area contributed by atoms with E-state index in [-0.39, 0.29) is 16.4 Å². The zero-order valence-corrected chi connectivity index (χ0v) is 11.4. The number of hydrogen-bond acceptors (Lipinski definition) is 7. The number of carbonyl (C=O) groups excluding carboxylic acids is 1. The molecule has 0 saturated carbocycles. The van der Waals surface area contributed by atoms with Gasteiger partial charge in [-0.1, -0.05) is 23.1 Å². The first-order valence-electron chi connectivity index (χ1n) is 5.15. The van der Waals surface area contributed by atoms with Crippen molar-refractivity contribution in [3.63, 3.8) is 0 Å². The third kappa shape index (κ3) is 3.96. The quantitative estimate of drug-likeness (QED) is 0.489. The van der Waals surface area contributed by atoms with Gasteiger partial charge in [0.2, 0.25) is 11.1 Å². The van der Waals surface area contributed by atoms with Gasteiger partial charge in [-0.05, 0) is 6.07 Å². The molecule has 0 aliphatic carbocycles. The molecule has 104 valence electrons. The number of carboxylic acids is 1. The number of carboxylic acid groups (broad SMARTS) is 1. The number of hydrogen-bond donors (Lipinski definition) is 2. The SMILES string of the molecule is O=C(O)CSc1nnc(NC(=O)c2ccnc(F)c2)s1. The van der Waals surface area contributed by atoms with Crippen LogP contribution in [0.4, 0.5) is 9.52 Å². The van der Waals surface area contributed by atoms with Crippen LogP contribution >= 0.6 is 23.1 Å². The molecule has 2 N–H and O–H groups in total. The summed E-state index contributed by atoms with van der Waals surface area (Å²) in [5.41, 5.74) is 0.104. The van der Waals surface area contributed by atoms with Crippen LogP contribution < -0.4 is 5.32 Å². The zero-order chi connectivity index (χ0) is 14.5. The van der Waals surface area contributed by atoms with Crippen molar-refractivity contribution in [1.82, 2.24) is 15.2 Å². The van der Waals surface area contributed by atoms with Gasteiger partial charge in [0.1, 0.15) is 0 Å². The predicted octanol–water partition coefficient (Wildman–Crippen LogP) is 1.50. The molecule has 0 aromatic carbocycles. The zero-order valence-electron chi connectivity index (χ0n) is 9.74. The van der Waals surface area contributed by atoms with Crippen LogP contribution in [-0.2, 0) is 4.79 Å². The summed E-state index contributed by atoms with van der Waals surface area (Å²) in [5.74, 6) is -2.41. The van der Waals surface area contributed by atoms with Crippen molar-refractivity contribution < 1.29 is 19.1 Å². The van der Waals surface area contributed by atoms with E-state index in [4.69, 9.17) is 5.11 Å². The number of amides is 1. The standard InChI is InChI=1S/C10H7FN4O3S2/c11-6-3-5(1-2-12-6)8(18)13-9-14-15-10(20-9)19-4-7(16)17/h1-3H,4H2,(H,16,17)(H,13,14,18). The van der Waals surface area contributed by atoms with Gasteiger partial charge in [-0.2, -0.15) is 4.39 Å². The van der Waals surface area contributed by atoms with Gasteiger partial charge in [-0.15, -0.1) is 10.2 Å². The summed E-state index contributed by atoms with van der Waals surface area (Å²) >= 11 is 2.04. The molecule has 2 rings (SSSR count). The summed E-state index contributed by atoms with van der Waals surface area (Å²) in [6.07, 6.45) is 1.18. The molecule has 2 heterocycles. The van der Waals surface area contributed by atoms with Crippen LogP contribution in [0.15, 0.2) is 22.7 Å². The van der Waals surface area contributed by atoms with E-state index in [1.54, 1.807) is 0 Å². The molecule has 20 heavy (non-hydrogen) atoms. The second-order valence-corrected chi connectivity index (χ2v) is 5.58. The number of rotatable bonds is 5. The van der Waals surface area contributed by atoms with Gasteiger partial charge in [0.05, 0.1) is 5.75 Å². The van der Waals surface area contributed by atoms with E-state index in [9.17, 15) is 14.0 Å². The number of aromatic nitrogens is 3. The van der Waals surface area contributed by atoms with Crippen molar-refractivity contribution in [2.24, 2.45) is 0 Å². The van der Waals surface area contributed by atoms with Gasteiger partial charge in [0, 0.05) is 17.8 Å². The molecule has 7 nitrogen and oxygen atoms in total. The Labute approximate surface area is 120 Å². The largest absolute Gasteiger partial charge is 0.481 e. The van der Waals surface area contributed by atoms with Crippen LogP contribution in [0.2, 0.25) is 0 Å². The molecule has 0 atom stereocenters. The lowest BCUT2D eigenvalue weighted by atomic mass is 10.2. The van der Waals surface area contributed by atoms with Crippen LogP contribution in [0.1, 0.15) is 10.4 Å². The molecule has 0 aliphatic rings. The number of nitrogens with one attached hydrogen (secondary N) is 1. The second-order valence-electron chi connectivity index (χ2n) is 3.38. The number of carbonyl (C=O) groups is 2. The average molecular weight is 314 g/mol. The molecule has 0 fully saturated rings. The van der Waals surface area contributed by atoms with Crippen molar-refractivity contribution in [2.45, 2.75) is 4.34 Å². The minimum Gasteiger partial charge on any atom is -0.481 e. The lowest BCUT2D eigenvalue weighted by Crippen LogP contribution is -2.12. The highest BCUT2D eigenvalue weighted by atomic mass is 32.2. The average Bonchev–Trinajstić information content (AvgIpc) is 2.84. The predicted molar refractivity (Wildman–Crippen MR) is 70.4 cm³/mol. The van der Waals surface area contributed by atoms with Gasteiger partial charge in [0.15, 0.2) is 4.34 Å². The summed E-state index contributed by atoms with van der Waals surface area (Å²) in [5, 5.41) is 18.6. The highest BCUT2D eigenvalue weighted by Crippen LogP contribution is 2.25. The molecular formula is C10H7FN4O3S2. The normalized spacial score (nSPS) is 10.2. The first-order chi connectivity index (χ1) is 9.54. The molecule has 0 bridgehead atoms. The van der Waals surface area contributed by atoms with Gasteiger partial charge >= 0.3 is 5.97 Å². The van der Waals surface area contributed by atoms with Crippen LogP contribution in [0.25, 0.3) is 0 Å². The molecule has 0 spiro atoms. The fourth-order valence-corrected chi connectivity index (χ4v) is 2.62. The van der Waals surface area contributed by atoms with Crippen LogP contribution in [0.5, 0.6) is 0 Å². The minimum atomic E-state index is -0.969. The summed E-state index contributed by atoms with van der Waals surface area (Å²) < 4.78 is 13.3. The lowest BCUT2D eigenvalue weighted by Gasteiger charge is -2.00. The van der Waals surface area contributed by atoms with E-state index in [0.29, 0.717) is 4.34 Å². The third-order valence-electron chi connectivity index (χ3n) is 1.93. The number of aliphatic carboxylic acids is 1. The smallest absolute Gasteiger partial charge is 0.313 e. The maximum atomic E-state index is 12.9. The topological polar surface area (TPSA) is 105 Å². The van der Waals surface area contributed by atoms with E-state index in [1.807, 2.05) is 0 Å². The first-order valence-corrected chi connectivity index (χ1v) is 6.96. The van der Waals surface area contributed by atoms with E-state index >= 15 is 0 Å². The number of thioether (sulfide) groups is 1. The van der Waals surface area contributed by atoms with Gasteiger partial charge < -0.3 is 5.11 Å². The molecule has 0 unspecified atom stereocenters. The highest BCUT2D eigenvalue weighted by molar-refractivity contribution is 8.01. The first kappa shape index (κ1) is 14.3. The Morgan fingerprint density at radius 3 is 2.95 bits per heavy atom. The lowest BCUT2D eigenvalue weighted by molar-refractivity contribution is -0.133. The van der Waals surface area contributed by atoms with Crippen molar-refractivity contribution in [2.75, 3.05) is 11.1 Å². The Balaban J connectivity index is 1.99. The van der Waals surface area contributed by atoms with E-state index in [2.05, 4.69) is 20.5 Å². The van der Waals surface area contributed by atoms with Crippen LogP contribution in [-0.4, -0.2) is 37.9 Å². The Kier molecular flexibility index (Phi) is 4.58. The summed E-state index contributed by atoms with van der Waals surface area (Å²) in [6, 6.07) is 2.36. The fourth-order valence-electron chi connectivity index (χ4n) is 1.16. The monoisotopic (exact) mass is 314 g/mol. The minimum absolute atomic E-state index is 0.104. The van der Waals surface area contributed by atoms with Gasteiger partial charge in [0.25, 0.3) is 5.91 Å². The molecular weight excluding hydrogens is 307 g/mol. The van der Waals surface area contributed by atoms with Gasteiger partial charge in [-0.25, -0.2) is 4.98 Å². The van der Waals surface area contributed by atoms with Gasteiger partial charge in [-0.3, -0.25) is 14.9 Å². The number of anilines is 1. The fraction of sp³-hybridized carbons (Fsp3) is 0.100. The number of halogens is 1. The van der Waals surface area contributed by atoms with Crippen molar-refractivity contribution in [3.8, 4) is 0 Å². The molecule has 0 aliphatic heterocycles. The summed E-state index contributed by atoms with van der Waals surface area (Å²) in [4.78, 5) is 25.5. The second kappa shape index (κ2) is 6.39. The third-order valence-corrected chi connectivity index (χ3v) is 3.89. The molecule has 0 saturated heterocycles. The number of nitrogens with zero attached hydrogens (tertiary/aromatic N) is 3. The maximum Gasteiger partial charge on any atom is 0.313 e. The Bertz CT molecular complexity index is 649. The highest BCUT2D eigenvalue weighted by Gasteiger charge is 2.12.